The molecule has 0 rings (SSSR count). The van der Waals surface area contributed by atoms with Crippen LogP contribution in [0.15, 0.2) is 24.3 Å². The second-order valence-corrected chi connectivity index (χ2v) is 18.1. The van der Waals surface area contributed by atoms with E-state index in [2.05, 4.69) is 42.7 Å². The molecule has 12 heteroatoms. The van der Waals surface area contributed by atoms with Gasteiger partial charge in [0.05, 0.1) is 13.2 Å². The summed E-state index contributed by atoms with van der Waals surface area (Å²) in [6.07, 6.45) is 46.7. The Balaban J connectivity index is 4.24. The van der Waals surface area contributed by atoms with E-state index in [1.807, 2.05) is 0 Å². The number of carbonyl (C=O) groups is 3. The molecule has 352 valence electrons. The molecule has 0 aliphatic carbocycles. The number of phosphoric acid groups is 1. The molecule has 0 amide bonds. The molecule has 3 atom stereocenters. The van der Waals surface area contributed by atoms with E-state index in [9.17, 15) is 23.8 Å². The zero-order valence-electron chi connectivity index (χ0n) is 38.3. The summed E-state index contributed by atoms with van der Waals surface area (Å²) in [4.78, 5) is 46.1. The molecule has 0 fully saturated rings. The Labute approximate surface area is 366 Å². The fourth-order valence-corrected chi connectivity index (χ4v) is 7.64. The highest BCUT2D eigenvalue weighted by molar-refractivity contribution is 7.47. The van der Waals surface area contributed by atoms with Crippen LogP contribution < -0.4 is 5.73 Å². The first-order chi connectivity index (χ1) is 29.1. The lowest BCUT2D eigenvalue weighted by Crippen LogP contribution is -2.34. The van der Waals surface area contributed by atoms with Gasteiger partial charge in [-0.15, -0.1) is 0 Å². The van der Waals surface area contributed by atoms with Gasteiger partial charge in [0.15, 0.2) is 6.10 Å². The Bertz CT molecular complexity index is 1120. The van der Waals surface area contributed by atoms with Gasteiger partial charge in [0.2, 0.25) is 0 Å². The number of carboxylic acids is 1. The van der Waals surface area contributed by atoms with Gasteiger partial charge in [0.1, 0.15) is 12.6 Å². The maximum absolute atomic E-state index is 12.6. The van der Waals surface area contributed by atoms with E-state index < -0.39 is 51.1 Å². The van der Waals surface area contributed by atoms with E-state index in [0.29, 0.717) is 12.8 Å². The Morgan fingerprint density at radius 2 is 0.883 bits per heavy atom. The number of carboxylic acid groups (broad SMARTS) is 1. The summed E-state index contributed by atoms with van der Waals surface area (Å²) >= 11 is 0. The SMILES string of the molecule is CCCCC/C=C\C/C=C\CCCCCCCC(=O)OC(COC(=O)CCCCCCCCCCCCCCCCCCCCCCC)COP(=O)(O)OCC(N)C(=O)O. The molecule has 60 heavy (non-hydrogen) atoms. The summed E-state index contributed by atoms with van der Waals surface area (Å²) in [6, 6.07) is -1.52. The lowest BCUT2D eigenvalue weighted by molar-refractivity contribution is -0.161. The van der Waals surface area contributed by atoms with Gasteiger partial charge in [-0.05, 0) is 44.9 Å². The molecule has 0 saturated carbocycles. The van der Waals surface area contributed by atoms with Crippen molar-refractivity contribution in [1.29, 1.82) is 0 Å². The van der Waals surface area contributed by atoms with Gasteiger partial charge in [0, 0.05) is 12.8 Å². The maximum Gasteiger partial charge on any atom is 0.472 e. The van der Waals surface area contributed by atoms with Crippen LogP contribution >= 0.6 is 7.82 Å². The Kier molecular flexibility index (Phi) is 42.1. The van der Waals surface area contributed by atoms with Gasteiger partial charge >= 0.3 is 25.7 Å². The zero-order valence-corrected chi connectivity index (χ0v) is 39.2. The highest BCUT2D eigenvalue weighted by Crippen LogP contribution is 2.43. The number of unbranched alkanes of at least 4 members (excludes halogenated alkanes) is 28. The first-order valence-corrected chi connectivity index (χ1v) is 25.9. The molecule has 0 aromatic carbocycles. The largest absolute Gasteiger partial charge is 0.480 e. The van der Waals surface area contributed by atoms with Gasteiger partial charge in [-0.3, -0.25) is 23.4 Å². The van der Waals surface area contributed by atoms with E-state index in [1.54, 1.807) is 0 Å². The topological polar surface area (TPSA) is 172 Å². The van der Waals surface area contributed by atoms with Crippen molar-refractivity contribution in [2.24, 2.45) is 5.73 Å². The summed E-state index contributed by atoms with van der Waals surface area (Å²) in [5, 5.41) is 8.90. The molecule has 0 radical (unpaired) electrons. The van der Waals surface area contributed by atoms with Crippen LogP contribution in [0, 0.1) is 0 Å². The second kappa shape index (κ2) is 43.6. The van der Waals surface area contributed by atoms with E-state index in [1.165, 1.54) is 128 Å². The molecular formula is C48H90NO10P. The number of nitrogens with two attached hydrogens (primary N) is 1. The number of hydrogen-bond acceptors (Lipinski definition) is 9. The fraction of sp³-hybridized carbons (Fsp3) is 0.854. The summed E-state index contributed by atoms with van der Waals surface area (Å²) in [7, 11) is -4.72. The van der Waals surface area contributed by atoms with Crippen molar-refractivity contribution in [3.63, 3.8) is 0 Å². The Morgan fingerprint density at radius 3 is 1.33 bits per heavy atom. The van der Waals surface area contributed by atoms with Crippen LogP contribution in [-0.4, -0.2) is 59.9 Å². The van der Waals surface area contributed by atoms with Crippen LogP contribution in [0.3, 0.4) is 0 Å². The third kappa shape index (κ3) is 42.6. The summed E-state index contributed by atoms with van der Waals surface area (Å²) < 4.78 is 32.8. The molecule has 0 saturated heterocycles. The highest BCUT2D eigenvalue weighted by Gasteiger charge is 2.28. The first kappa shape index (κ1) is 58.0. The van der Waals surface area contributed by atoms with Gasteiger partial charge in [0.25, 0.3) is 0 Å². The van der Waals surface area contributed by atoms with Crippen molar-refractivity contribution in [1.82, 2.24) is 0 Å². The molecule has 0 aromatic rings. The Hall–Kier alpha value is -2.04. The number of hydrogen-bond donors (Lipinski definition) is 3. The predicted molar refractivity (Wildman–Crippen MR) is 245 cm³/mol. The summed E-state index contributed by atoms with van der Waals surface area (Å²) in [6.45, 7) is 2.80. The molecule has 0 aliphatic heterocycles. The minimum atomic E-state index is -4.72. The fourth-order valence-electron chi connectivity index (χ4n) is 6.86. The van der Waals surface area contributed by atoms with Gasteiger partial charge in [-0.2, -0.15) is 0 Å². The van der Waals surface area contributed by atoms with E-state index in [-0.39, 0.29) is 19.4 Å². The van der Waals surface area contributed by atoms with Crippen LogP contribution in [0.25, 0.3) is 0 Å². The molecule has 0 bridgehead atoms. The van der Waals surface area contributed by atoms with Crippen LogP contribution in [0.4, 0.5) is 0 Å². The van der Waals surface area contributed by atoms with Crippen LogP contribution in [0.1, 0.15) is 232 Å². The number of esters is 2. The monoisotopic (exact) mass is 872 g/mol. The van der Waals surface area contributed by atoms with Crippen molar-refractivity contribution in [3.05, 3.63) is 24.3 Å². The smallest absolute Gasteiger partial charge is 0.472 e. The number of allylic oxidation sites excluding steroid dienone is 4. The molecular weight excluding hydrogens is 781 g/mol. The number of rotatable bonds is 46. The number of carbonyl (C=O) groups excluding carboxylic acids is 2. The van der Waals surface area contributed by atoms with Gasteiger partial charge in [-0.25, -0.2) is 4.57 Å². The number of ether oxygens (including phenoxy) is 2. The minimum Gasteiger partial charge on any atom is -0.480 e. The van der Waals surface area contributed by atoms with Crippen molar-refractivity contribution in [3.8, 4) is 0 Å². The predicted octanol–water partition coefficient (Wildman–Crippen LogP) is 13.4. The van der Waals surface area contributed by atoms with Crippen molar-refractivity contribution < 1.29 is 47.5 Å². The molecule has 11 nitrogen and oxygen atoms in total. The second-order valence-electron chi connectivity index (χ2n) is 16.6. The molecule has 0 aliphatic rings. The van der Waals surface area contributed by atoms with E-state index >= 15 is 0 Å². The molecule has 3 unspecified atom stereocenters. The maximum atomic E-state index is 12.6. The first-order valence-electron chi connectivity index (χ1n) is 24.4. The van der Waals surface area contributed by atoms with Crippen LogP contribution in [0.5, 0.6) is 0 Å². The standard InChI is InChI=1S/C48H90NO10P/c1-3-5-7-9-11-13-15-17-19-20-21-22-23-24-26-27-29-31-33-35-37-39-46(50)56-41-44(42-57-60(54,55)58-43-45(49)48(52)53)59-47(51)40-38-36-34-32-30-28-25-18-16-14-12-10-8-6-4-2/h12,14,18,25,44-45H,3-11,13,15-17,19-24,26-43,49H2,1-2H3,(H,52,53)(H,54,55)/b14-12-,25-18-. The third-order valence-electron chi connectivity index (χ3n) is 10.7. The minimum absolute atomic E-state index is 0.148. The average Bonchev–Trinajstić information content (AvgIpc) is 3.22. The number of phosphoric ester groups is 1. The van der Waals surface area contributed by atoms with Crippen LogP contribution in [0.2, 0.25) is 0 Å². The van der Waals surface area contributed by atoms with Crippen molar-refractivity contribution in [2.75, 3.05) is 19.8 Å². The lowest BCUT2D eigenvalue weighted by Gasteiger charge is -2.20. The van der Waals surface area contributed by atoms with Crippen LogP contribution in [-0.2, 0) is 37.5 Å². The van der Waals surface area contributed by atoms with Crippen molar-refractivity contribution in [2.45, 2.75) is 244 Å². The van der Waals surface area contributed by atoms with Crippen molar-refractivity contribution >= 4 is 25.7 Å². The molecule has 4 N–H and O–H groups in total. The Morgan fingerprint density at radius 1 is 0.517 bits per heavy atom. The molecule has 0 aromatic heterocycles. The average molecular weight is 872 g/mol. The highest BCUT2D eigenvalue weighted by atomic mass is 31.2. The summed E-state index contributed by atoms with van der Waals surface area (Å²) in [5.74, 6) is -2.38. The quantitative estimate of drug-likeness (QED) is 0.0230. The molecule has 0 spiro atoms. The summed E-state index contributed by atoms with van der Waals surface area (Å²) in [5.41, 5.74) is 5.34. The number of aliphatic carboxylic acids is 1. The third-order valence-corrected chi connectivity index (χ3v) is 11.7. The van der Waals surface area contributed by atoms with Gasteiger partial charge in [-0.1, -0.05) is 199 Å². The zero-order chi connectivity index (χ0) is 44.2. The lowest BCUT2D eigenvalue weighted by atomic mass is 10.0. The van der Waals surface area contributed by atoms with Gasteiger partial charge < -0.3 is 25.2 Å². The molecule has 0 heterocycles. The normalized spacial score (nSPS) is 13.8. The van der Waals surface area contributed by atoms with E-state index in [0.717, 1.165) is 64.2 Å². The van der Waals surface area contributed by atoms with E-state index in [4.69, 9.17) is 24.8 Å².